The van der Waals surface area contributed by atoms with Crippen molar-refractivity contribution in [1.29, 1.82) is 0 Å². The molecule has 8 nitrogen and oxygen atoms in total. The molecular weight excluding hydrogens is 268 g/mol. The monoisotopic (exact) mass is 282 g/mol. The van der Waals surface area contributed by atoms with Gasteiger partial charge in [0.1, 0.15) is 10.7 Å². The van der Waals surface area contributed by atoms with Crippen molar-refractivity contribution in [3.8, 4) is 0 Å². The summed E-state index contributed by atoms with van der Waals surface area (Å²) in [4.78, 5) is 3.93. The Balaban J connectivity index is 2.09. The lowest BCUT2D eigenvalue weighted by Crippen LogP contribution is -2.23. The number of nitrogens with zero attached hydrogens (tertiary/aromatic N) is 3. The summed E-state index contributed by atoms with van der Waals surface area (Å²) in [5.41, 5.74) is 3.11. The first-order chi connectivity index (χ1) is 9.01. The van der Waals surface area contributed by atoms with Crippen LogP contribution in [0.5, 0.6) is 0 Å². The molecule has 19 heavy (non-hydrogen) atoms. The van der Waals surface area contributed by atoms with Crippen molar-refractivity contribution < 1.29 is 8.42 Å². The van der Waals surface area contributed by atoms with Crippen molar-refractivity contribution in [3.05, 3.63) is 36.3 Å². The molecule has 0 aliphatic heterocycles. The molecule has 4 N–H and O–H groups in total. The van der Waals surface area contributed by atoms with Gasteiger partial charge >= 0.3 is 0 Å². The van der Waals surface area contributed by atoms with E-state index in [2.05, 4.69) is 20.2 Å². The van der Waals surface area contributed by atoms with Gasteiger partial charge < -0.3 is 5.43 Å². The predicted molar refractivity (Wildman–Crippen MR) is 69.3 cm³/mol. The van der Waals surface area contributed by atoms with E-state index in [1.165, 1.54) is 18.3 Å². The number of anilines is 1. The van der Waals surface area contributed by atoms with Gasteiger partial charge in [-0.3, -0.25) is 4.68 Å². The molecule has 2 heterocycles. The van der Waals surface area contributed by atoms with Crippen LogP contribution in [-0.2, 0) is 23.6 Å². The van der Waals surface area contributed by atoms with E-state index in [-0.39, 0.29) is 11.4 Å². The summed E-state index contributed by atoms with van der Waals surface area (Å²) in [6.45, 7) is 0.174. The van der Waals surface area contributed by atoms with E-state index in [1.807, 2.05) is 0 Å². The molecule has 9 heteroatoms. The molecule has 0 saturated carbocycles. The number of aromatic nitrogens is 3. The zero-order chi connectivity index (χ0) is 13.9. The van der Waals surface area contributed by atoms with E-state index >= 15 is 0 Å². The summed E-state index contributed by atoms with van der Waals surface area (Å²) >= 11 is 0. The summed E-state index contributed by atoms with van der Waals surface area (Å²) < 4.78 is 28.0. The predicted octanol–water partition coefficient (Wildman–Crippen LogP) is -0.421. The van der Waals surface area contributed by atoms with Crippen LogP contribution in [-0.4, -0.2) is 23.2 Å². The topological polar surface area (TPSA) is 115 Å². The molecule has 0 bridgehead atoms. The largest absolute Gasteiger partial charge is 0.308 e. The molecule has 0 radical (unpaired) electrons. The Kier molecular flexibility index (Phi) is 3.79. The lowest BCUT2D eigenvalue weighted by molar-refractivity contribution is 0.581. The van der Waals surface area contributed by atoms with Gasteiger partial charge in [0, 0.05) is 31.5 Å². The van der Waals surface area contributed by atoms with Crippen molar-refractivity contribution in [3.63, 3.8) is 0 Å². The molecule has 2 rings (SSSR count). The minimum absolute atomic E-state index is 0.0791. The Hall–Kier alpha value is -1.97. The van der Waals surface area contributed by atoms with Crippen molar-refractivity contribution in [2.24, 2.45) is 12.9 Å². The number of hydrogen-bond donors (Lipinski definition) is 3. The van der Waals surface area contributed by atoms with Crippen molar-refractivity contribution in [2.45, 2.75) is 11.4 Å². The van der Waals surface area contributed by atoms with Gasteiger partial charge in [0.25, 0.3) is 0 Å². The molecule has 0 fully saturated rings. The third kappa shape index (κ3) is 3.28. The highest BCUT2D eigenvalue weighted by Crippen LogP contribution is 2.10. The number of hydrazine groups is 1. The van der Waals surface area contributed by atoms with E-state index in [0.717, 1.165) is 5.56 Å². The Bertz CT molecular complexity index is 649. The van der Waals surface area contributed by atoms with E-state index < -0.39 is 10.0 Å². The molecule has 102 valence electrons. The smallest absolute Gasteiger partial charge is 0.242 e. The van der Waals surface area contributed by atoms with Crippen LogP contribution >= 0.6 is 0 Å². The van der Waals surface area contributed by atoms with Crippen molar-refractivity contribution >= 4 is 15.8 Å². The maximum absolute atomic E-state index is 12.0. The van der Waals surface area contributed by atoms with Gasteiger partial charge in [-0.15, -0.1) is 0 Å². The minimum atomic E-state index is -3.59. The maximum Gasteiger partial charge on any atom is 0.242 e. The molecule has 0 amide bonds. The highest BCUT2D eigenvalue weighted by Gasteiger charge is 2.14. The second kappa shape index (κ2) is 5.34. The van der Waals surface area contributed by atoms with Gasteiger partial charge in [0.2, 0.25) is 10.0 Å². The third-order valence-corrected chi connectivity index (χ3v) is 3.81. The van der Waals surface area contributed by atoms with Crippen LogP contribution in [0.25, 0.3) is 0 Å². The summed E-state index contributed by atoms with van der Waals surface area (Å²) in [5, 5.41) is 3.96. The first-order valence-corrected chi connectivity index (χ1v) is 6.89. The first-order valence-electron chi connectivity index (χ1n) is 5.41. The fourth-order valence-electron chi connectivity index (χ4n) is 1.45. The fourth-order valence-corrected chi connectivity index (χ4v) is 2.41. The molecule has 0 spiro atoms. The minimum Gasteiger partial charge on any atom is -0.308 e. The summed E-state index contributed by atoms with van der Waals surface area (Å²) in [6.07, 6.45) is 4.57. The lowest BCUT2D eigenvalue weighted by atomic mass is 10.4. The number of hydrogen-bond acceptors (Lipinski definition) is 6. The number of aryl methyl sites for hydroxylation is 1. The molecule has 0 unspecified atom stereocenters. The zero-order valence-electron chi connectivity index (χ0n) is 10.2. The number of pyridine rings is 1. The van der Waals surface area contributed by atoms with Crippen LogP contribution < -0.4 is 16.0 Å². The van der Waals surface area contributed by atoms with Crippen LogP contribution in [0, 0.1) is 0 Å². The molecule has 0 aromatic carbocycles. The van der Waals surface area contributed by atoms with Crippen LogP contribution in [0.2, 0.25) is 0 Å². The standard InChI is InChI=1S/C10H14N6O2S/c1-16-7-8(4-13-16)5-14-19(17,18)9-2-3-10(15-11)12-6-9/h2-4,6-7,14H,5,11H2,1H3,(H,12,15). The summed E-state index contributed by atoms with van der Waals surface area (Å²) in [6, 6.07) is 2.91. The highest BCUT2D eigenvalue weighted by molar-refractivity contribution is 7.89. The Labute approximate surface area is 110 Å². The average molecular weight is 282 g/mol. The van der Waals surface area contributed by atoms with E-state index in [4.69, 9.17) is 5.84 Å². The maximum atomic E-state index is 12.0. The second-order valence-electron chi connectivity index (χ2n) is 3.87. The zero-order valence-corrected chi connectivity index (χ0v) is 11.1. The average Bonchev–Trinajstić information content (AvgIpc) is 2.82. The van der Waals surface area contributed by atoms with E-state index in [0.29, 0.717) is 5.82 Å². The van der Waals surface area contributed by atoms with E-state index in [9.17, 15) is 8.42 Å². The highest BCUT2D eigenvalue weighted by atomic mass is 32.2. The van der Waals surface area contributed by atoms with Crippen LogP contribution in [0.15, 0.2) is 35.6 Å². The molecular formula is C10H14N6O2S. The fraction of sp³-hybridized carbons (Fsp3) is 0.200. The molecule has 0 saturated heterocycles. The number of nitrogens with two attached hydrogens (primary N) is 1. The van der Waals surface area contributed by atoms with Crippen molar-refractivity contribution in [1.82, 2.24) is 19.5 Å². The van der Waals surface area contributed by atoms with Gasteiger partial charge in [0.05, 0.1) is 6.20 Å². The Morgan fingerprint density at radius 1 is 1.37 bits per heavy atom. The number of nitrogens with one attached hydrogen (secondary N) is 2. The third-order valence-electron chi connectivity index (χ3n) is 2.42. The van der Waals surface area contributed by atoms with Crippen LogP contribution in [0.1, 0.15) is 5.56 Å². The number of sulfonamides is 1. The van der Waals surface area contributed by atoms with Crippen LogP contribution in [0.4, 0.5) is 5.82 Å². The molecule has 2 aromatic heterocycles. The van der Waals surface area contributed by atoms with Crippen molar-refractivity contribution in [2.75, 3.05) is 5.43 Å². The van der Waals surface area contributed by atoms with Crippen LogP contribution in [0.3, 0.4) is 0 Å². The van der Waals surface area contributed by atoms with Gasteiger partial charge in [-0.25, -0.2) is 24.0 Å². The lowest BCUT2D eigenvalue weighted by Gasteiger charge is -2.06. The molecule has 0 aliphatic rings. The van der Waals surface area contributed by atoms with Gasteiger partial charge in [-0.2, -0.15) is 5.10 Å². The number of nitrogen functional groups attached to an aromatic ring is 1. The summed E-state index contributed by atoms with van der Waals surface area (Å²) in [5.74, 6) is 5.55. The quantitative estimate of drug-likeness (QED) is 0.507. The second-order valence-corrected chi connectivity index (χ2v) is 5.64. The normalized spacial score (nSPS) is 11.5. The Morgan fingerprint density at radius 2 is 2.16 bits per heavy atom. The first kappa shape index (κ1) is 13.5. The van der Waals surface area contributed by atoms with E-state index in [1.54, 1.807) is 24.1 Å². The SMILES string of the molecule is Cn1cc(CNS(=O)(=O)c2ccc(NN)nc2)cn1. The summed E-state index contributed by atoms with van der Waals surface area (Å²) in [7, 11) is -1.83. The van der Waals surface area contributed by atoms with Gasteiger partial charge in [-0.1, -0.05) is 0 Å². The number of rotatable bonds is 5. The molecule has 2 aromatic rings. The molecule has 0 aliphatic carbocycles. The van der Waals surface area contributed by atoms with Gasteiger partial charge in [-0.05, 0) is 12.1 Å². The molecule has 0 atom stereocenters. The Morgan fingerprint density at radius 3 is 2.68 bits per heavy atom. The van der Waals surface area contributed by atoms with Gasteiger partial charge in [0.15, 0.2) is 0 Å².